The molecule has 4 aliphatic carbocycles. The summed E-state index contributed by atoms with van der Waals surface area (Å²) in [6.45, 7) is 1.44. The molecular formula is C37H45BN2NaO8. The van der Waals surface area contributed by atoms with Gasteiger partial charge in [-0.05, 0) is 76.1 Å². The van der Waals surface area contributed by atoms with E-state index in [0.717, 1.165) is 54.6 Å². The fraction of sp³-hybridized carbons (Fsp3) is 0.541. The van der Waals surface area contributed by atoms with Gasteiger partial charge < -0.3 is 36.4 Å². The average Bonchev–Trinajstić information content (AvgIpc) is 3.59. The minimum Gasteiger partial charge on any atom is -1.00 e. The number of ether oxygens (including phenoxy) is 2. The van der Waals surface area contributed by atoms with Crippen molar-refractivity contribution in [1.29, 1.82) is 0 Å². The van der Waals surface area contributed by atoms with Crippen molar-refractivity contribution in [2.24, 2.45) is 0 Å². The van der Waals surface area contributed by atoms with Crippen molar-refractivity contribution in [3.63, 3.8) is 0 Å². The molecule has 10 rings (SSSR count). The normalized spacial score (nSPS) is 39.1. The molecule has 2 fully saturated rings. The molecule has 5 unspecified atom stereocenters. The summed E-state index contributed by atoms with van der Waals surface area (Å²) in [5, 5.41) is 53.2. The fourth-order valence-corrected chi connectivity index (χ4v) is 10.8. The van der Waals surface area contributed by atoms with E-state index in [1.807, 2.05) is 38.4 Å². The smallest absolute Gasteiger partial charge is 1.00 e. The number of nitrogens with zero attached hydrogens (tertiary/aromatic N) is 2. The molecule has 0 amide bonds. The molecule has 12 heteroatoms. The number of piperidine rings is 2. The summed E-state index contributed by atoms with van der Waals surface area (Å²) in [6.07, 6.45) is 7.59. The van der Waals surface area contributed by atoms with Crippen LogP contribution in [0.1, 0.15) is 55.1 Å². The van der Waals surface area contributed by atoms with E-state index < -0.39 is 40.3 Å². The van der Waals surface area contributed by atoms with Crippen LogP contribution in [0.15, 0.2) is 48.6 Å². The van der Waals surface area contributed by atoms with Gasteiger partial charge in [-0.2, -0.15) is 0 Å². The summed E-state index contributed by atoms with van der Waals surface area (Å²) in [4.78, 5) is 16.9. The van der Waals surface area contributed by atoms with E-state index in [4.69, 9.17) is 9.47 Å². The summed E-state index contributed by atoms with van der Waals surface area (Å²) < 4.78 is 12.2. The first-order valence-electron chi connectivity index (χ1n) is 16.4. The van der Waals surface area contributed by atoms with Gasteiger partial charge >= 0.3 is 29.6 Å². The number of hydrogen-bond donors (Lipinski definition) is 5. The molecule has 8 aliphatic rings. The third-order valence-corrected chi connectivity index (χ3v) is 13.0. The minimum atomic E-state index is -1.11. The first-order chi connectivity index (χ1) is 22.1. The zero-order valence-corrected chi connectivity index (χ0v) is 29.6. The van der Waals surface area contributed by atoms with Crippen molar-refractivity contribution in [2.75, 3.05) is 27.2 Å². The molecule has 2 saturated heterocycles. The van der Waals surface area contributed by atoms with Crippen LogP contribution < -0.4 is 39.0 Å². The molecule has 49 heavy (non-hydrogen) atoms. The van der Waals surface area contributed by atoms with Crippen LogP contribution in [0.3, 0.4) is 0 Å². The van der Waals surface area contributed by atoms with E-state index >= 15 is 0 Å². The van der Waals surface area contributed by atoms with E-state index in [1.54, 1.807) is 18.2 Å². The van der Waals surface area contributed by atoms with Gasteiger partial charge in [-0.15, -0.1) is 0 Å². The van der Waals surface area contributed by atoms with Crippen molar-refractivity contribution in [2.45, 2.75) is 98.8 Å². The first-order valence-corrected chi connectivity index (χ1v) is 16.4. The number of benzene rings is 2. The standard InChI is InChI=1S/C18H21NO4.C18H19NO4.CH4.B.Na.H/c2*1-19-7-6-17-14-10-2-3-11(9-20)15(14)23-16(17)12(21)4-5-18(17,22)13(19)8-10;;;;/h2-5,12-13,16,20-22H,6-9H2,1H3;2-5,13,16,20,22H,6-9H2,1H3;1H4;;;/q;;;;+1;-1/t12?,13?,16-,17?,18+;13?,16-,17?,18+;;;;/m00..../s1. The molecule has 10 nitrogen and oxygen atoms in total. The van der Waals surface area contributed by atoms with Gasteiger partial charge in [-0.25, -0.2) is 0 Å². The van der Waals surface area contributed by atoms with E-state index in [9.17, 15) is 30.3 Å². The number of carbonyl (C=O) groups is 1. The Morgan fingerprint density at radius 3 is 1.92 bits per heavy atom. The van der Waals surface area contributed by atoms with Gasteiger partial charge in [0.25, 0.3) is 0 Å². The summed E-state index contributed by atoms with van der Waals surface area (Å²) >= 11 is 0. The molecule has 0 saturated carbocycles. The topological polar surface area (TPSA) is 143 Å². The summed E-state index contributed by atoms with van der Waals surface area (Å²) in [7, 11) is 4.08. The maximum absolute atomic E-state index is 12.5. The van der Waals surface area contributed by atoms with Crippen LogP contribution in [0.25, 0.3) is 0 Å². The second kappa shape index (κ2) is 12.0. The maximum Gasteiger partial charge on any atom is 1.00 e. The van der Waals surface area contributed by atoms with E-state index in [-0.39, 0.29) is 77.9 Å². The number of aliphatic hydroxyl groups excluding tert-OH is 3. The molecular weight excluding hydrogens is 634 g/mol. The zero-order valence-electron chi connectivity index (χ0n) is 28.6. The number of rotatable bonds is 2. The summed E-state index contributed by atoms with van der Waals surface area (Å²) in [6, 6.07) is 7.76. The molecule has 2 aromatic rings. The third kappa shape index (κ3) is 4.17. The Balaban J connectivity index is 0.000000180. The second-order valence-corrected chi connectivity index (χ2v) is 14.6. The van der Waals surface area contributed by atoms with Gasteiger partial charge in [0.15, 0.2) is 11.9 Å². The number of likely N-dealkylation sites (tertiary alicyclic amines) is 2. The molecule has 4 aliphatic heterocycles. The molecule has 2 spiro atoms. The zero-order chi connectivity index (χ0) is 32.0. The Morgan fingerprint density at radius 2 is 1.35 bits per heavy atom. The van der Waals surface area contributed by atoms with Crippen LogP contribution in [0.4, 0.5) is 0 Å². The Kier molecular flexibility index (Phi) is 9.01. The molecule has 4 heterocycles. The second-order valence-electron chi connectivity index (χ2n) is 14.6. The van der Waals surface area contributed by atoms with E-state index in [1.165, 1.54) is 11.6 Å². The fourth-order valence-electron chi connectivity index (χ4n) is 10.8. The molecule has 2 aromatic carbocycles. The van der Waals surface area contributed by atoms with Gasteiger partial charge in [0, 0.05) is 42.8 Å². The number of hydrogen-bond acceptors (Lipinski definition) is 10. The predicted molar refractivity (Wildman–Crippen MR) is 179 cm³/mol. The Morgan fingerprint density at radius 1 is 0.837 bits per heavy atom. The average molecular weight is 680 g/mol. The molecule has 5 N–H and O–H groups in total. The number of ketones is 1. The SMILES string of the molecule is C.CN1CCC23c4c5ccc(CO)c4O[C@H]2C(=O)C=C[C@@]3(O)C1C5.CN1CCC23c4c5ccc(CO)c4O[C@H]2C(O)C=C[C@@]3(O)C1C5.[B].[H-].[Na+]. The van der Waals surface area contributed by atoms with Gasteiger partial charge in [0.05, 0.1) is 24.0 Å². The molecule has 3 radical (unpaired) electrons. The molecule has 4 bridgehead atoms. The van der Waals surface area contributed by atoms with Crippen molar-refractivity contribution < 1.29 is 70.8 Å². The van der Waals surface area contributed by atoms with Crippen LogP contribution in [-0.2, 0) is 41.7 Å². The van der Waals surface area contributed by atoms with Crippen molar-refractivity contribution in [3.8, 4) is 11.5 Å². The van der Waals surface area contributed by atoms with Crippen LogP contribution in [0.5, 0.6) is 11.5 Å². The largest absolute Gasteiger partial charge is 1.00 e. The van der Waals surface area contributed by atoms with E-state index in [2.05, 4.69) is 9.80 Å². The van der Waals surface area contributed by atoms with Gasteiger partial charge in [-0.3, -0.25) is 14.6 Å². The maximum atomic E-state index is 12.5. The molecule has 9 atom stereocenters. The number of aliphatic hydroxyl groups is 5. The Hall–Kier alpha value is -2.03. The summed E-state index contributed by atoms with van der Waals surface area (Å²) in [5.74, 6) is 1.21. The third-order valence-electron chi connectivity index (χ3n) is 13.0. The number of carbonyl (C=O) groups excluding carboxylic acids is 1. The van der Waals surface area contributed by atoms with Crippen molar-refractivity contribution >= 4 is 14.2 Å². The quantitative estimate of drug-likeness (QED) is 0.175. The Labute approximate surface area is 312 Å². The van der Waals surface area contributed by atoms with Crippen molar-refractivity contribution in [3.05, 3.63) is 82.0 Å². The van der Waals surface area contributed by atoms with Crippen LogP contribution in [-0.4, -0.2) is 118 Å². The van der Waals surface area contributed by atoms with E-state index in [0.29, 0.717) is 23.5 Å². The summed E-state index contributed by atoms with van der Waals surface area (Å²) in [5.41, 5.74) is 2.22. The molecule has 255 valence electrons. The van der Waals surface area contributed by atoms with Gasteiger partial charge in [-0.1, -0.05) is 43.8 Å². The van der Waals surface area contributed by atoms with Crippen LogP contribution in [0, 0.1) is 0 Å². The van der Waals surface area contributed by atoms with Crippen LogP contribution in [0.2, 0.25) is 0 Å². The number of likely N-dealkylation sites (N-methyl/N-ethyl adjacent to an activating group) is 2. The van der Waals surface area contributed by atoms with Crippen molar-refractivity contribution in [1.82, 2.24) is 9.80 Å². The molecule has 0 aromatic heterocycles. The van der Waals surface area contributed by atoms with Gasteiger partial charge in [0.2, 0.25) is 0 Å². The monoisotopic (exact) mass is 679 g/mol. The predicted octanol–water partition coefficient (Wildman–Crippen LogP) is -2.22. The van der Waals surface area contributed by atoms with Gasteiger partial charge in [0.1, 0.15) is 34.9 Å². The van der Waals surface area contributed by atoms with Crippen LogP contribution >= 0.6 is 0 Å². The minimum absolute atomic E-state index is 0. The Bertz CT molecular complexity index is 1780. The first kappa shape index (κ1) is 36.8.